The van der Waals surface area contributed by atoms with Gasteiger partial charge in [0.2, 0.25) is 5.13 Å². The summed E-state index contributed by atoms with van der Waals surface area (Å²) in [5.74, 6) is 0.145. The lowest BCUT2D eigenvalue weighted by Gasteiger charge is -1.99. The van der Waals surface area contributed by atoms with Gasteiger partial charge in [-0.15, -0.1) is 10.2 Å². The third-order valence-electron chi connectivity index (χ3n) is 3.79. The molecule has 0 unspecified atom stereocenters. The number of carbonyl (C=O) groups is 1. The van der Waals surface area contributed by atoms with Crippen LogP contribution < -0.4 is 5.32 Å². The third-order valence-corrected chi connectivity index (χ3v) is 4.69. The largest absolute Gasteiger partial charge is 0.457 e. The minimum atomic E-state index is -0.611. The molecule has 2 aromatic heterocycles. The molecule has 0 saturated heterocycles. The molecule has 0 aliphatic rings. The summed E-state index contributed by atoms with van der Waals surface area (Å²) < 4.78 is 5.64. The molecule has 0 aliphatic carbocycles. The first-order valence-electron chi connectivity index (χ1n) is 8.60. The number of hydrogen-bond acceptors (Lipinski definition) is 8. The lowest BCUT2D eigenvalue weighted by molar-refractivity contribution is -0.384. The molecule has 9 nitrogen and oxygen atoms in total. The van der Waals surface area contributed by atoms with Gasteiger partial charge in [0.05, 0.1) is 4.92 Å². The Kier molecular flexibility index (Phi) is 6.11. The Morgan fingerprint density at radius 2 is 2.07 bits per heavy atom. The first-order chi connectivity index (χ1) is 14.0. The second-order valence-corrected chi connectivity index (χ2v) is 6.94. The first kappa shape index (κ1) is 19.9. The maximum Gasteiger partial charge on any atom is 0.269 e. The third kappa shape index (κ3) is 4.91. The molecule has 2 heterocycles. The molecule has 29 heavy (non-hydrogen) atoms. The average molecular weight is 409 g/mol. The van der Waals surface area contributed by atoms with E-state index >= 15 is 0 Å². The van der Waals surface area contributed by atoms with Crippen LogP contribution >= 0.6 is 11.3 Å². The summed E-state index contributed by atoms with van der Waals surface area (Å²) in [5.41, 5.74) is 0.458. The number of furan rings is 1. The Balaban J connectivity index is 1.74. The van der Waals surface area contributed by atoms with Crippen LogP contribution in [0.15, 0.2) is 46.4 Å². The van der Waals surface area contributed by atoms with Crippen LogP contribution in [0.3, 0.4) is 0 Å². The van der Waals surface area contributed by atoms with E-state index in [0.717, 1.165) is 17.8 Å². The predicted octanol–water partition coefficient (Wildman–Crippen LogP) is 4.20. The number of nitrogens with zero attached hydrogens (tertiary/aromatic N) is 4. The molecule has 3 aromatic rings. The predicted molar refractivity (Wildman–Crippen MR) is 107 cm³/mol. The van der Waals surface area contributed by atoms with Crippen LogP contribution in [0, 0.1) is 21.4 Å². The van der Waals surface area contributed by atoms with E-state index in [4.69, 9.17) is 4.42 Å². The summed E-state index contributed by atoms with van der Waals surface area (Å²) in [4.78, 5) is 22.6. The van der Waals surface area contributed by atoms with Gasteiger partial charge in [0.25, 0.3) is 11.6 Å². The van der Waals surface area contributed by atoms with Gasteiger partial charge in [-0.05, 0) is 30.7 Å². The SMILES string of the molecule is CCCc1nnc(NC(=O)/C(C#N)=C\c2ccc(-c3ccc([N+](=O)[O-])cc3)o2)s1. The van der Waals surface area contributed by atoms with E-state index in [1.54, 1.807) is 24.3 Å². The first-order valence-corrected chi connectivity index (χ1v) is 9.42. The maximum absolute atomic E-state index is 12.3. The van der Waals surface area contributed by atoms with Crippen molar-refractivity contribution >= 4 is 34.1 Å². The number of anilines is 1. The number of hydrogen-bond donors (Lipinski definition) is 1. The lowest BCUT2D eigenvalue weighted by Crippen LogP contribution is -2.13. The zero-order chi connectivity index (χ0) is 20.8. The number of nitriles is 1. The number of nitrogens with one attached hydrogen (secondary N) is 1. The monoisotopic (exact) mass is 409 g/mol. The zero-order valence-electron chi connectivity index (χ0n) is 15.3. The molecule has 10 heteroatoms. The van der Waals surface area contributed by atoms with Crippen LogP contribution in [0.4, 0.5) is 10.8 Å². The molecule has 0 saturated carbocycles. The molecule has 3 rings (SSSR count). The Bertz CT molecular complexity index is 1110. The Morgan fingerprint density at radius 3 is 2.72 bits per heavy atom. The van der Waals surface area contributed by atoms with Gasteiger partial charge < -0.3 is 4.42 Å². The highest BCUT2D eigenvalue weighted by Crippen LogP contribution is 2.25. The van der Waals surface area contributed by atoms with E-state index in [0.29, 0.717) is 22.2 Å². The second-order valence-electron chi connectivity index (χ2n) is 5.88. The van der Waals surface area contributed by atoms with Crippen molar-refractivity contribution < 1.29 is 14.1 Å². The van der Waals surface area contributed by atoms with Crippen molar-refractivity contribution in [1.82, 2.24) is 10.2 Å². The molecule has 146 valence electrons. The van der Waals surface area contributed by atoms with Gasteiger partial charge in [-0.2, -0.15) is 5.26 Å². The summed E-state index contributed by atoms with van der Waals surface area (Å²) in [6.45, 7) is 2.02. The number of amides is 1. The van der Waals surface area contributed by atoms with Gasteiger partial charge in [-0.1, -0.05) is 18.3 Å². The van der Waals surface area contributed by atoms with E-state index in [2.05, 4.69) is 15.5 Å². The van der Waals surface area contributed by atoms with Gasteiger partial charge >= 0.3 is 0 Å². The van der Waals surface area contributed by atoms with Crippen molar-refractivity contribution in [3.05, 3.63) is 62.9 Å². The van der Waals surface area contributed by atoms with Crippen molar-refractivity contribution in [2.45, 2.75) is 19.8 Å². The van der Waals surface area contributed by atoms with Crippen molar-refractivity contribution in [3.8, 4) is 17.4 Å². The molecule has 1 N–H and O–H groups in total. The molecule has 1 aromatic carbocycles. The molecule has 1 amide bonds. The number of nitro benzene ring substituents is 1. The normalized spacial score (nSPS) is 11.1. The van der Waals surface area contributed by atoms with Gasteiger partial charge in [0, 0.05) is 30.2 Å². The number of carbonyl (C=O) groups excluding carboxylic acids is 1. The molecule has 0 fully saturated rings. The van der Waals surface area contributed by atoms with Gasteiger partial charge in [-0.3, -0.25) is 20.2 Å². The molecule has 0 bridgehead atoms. The van der Waals surface area contributed by atoms with Crippen LogP contribution in [0.25, 0.3) is 17.4 Å². The van der Waals surface area contributed by atoms with E-state index in [1.807, 2.05) is 13.0 Å². The highest BCUT2D eigenvalue weighted by Gasteiger charge is 2.14. The van der Waals surface area contributed by atoms with Crippen LogP contribution in [0.2, 0.25) is 0 Å². The van der Waals surface area contributed by atoms with Gasteiger partial charge in [0.15, 0.2) is 0 Å². The summed E-state index contributed by atoms with van der Waals surface area (Å²) in [5, 5.41) is 31.6. The quantitative estimate of drug-likeness (QED) is 0.267. The smallest absolute Gasteiger partial charge is 0.269 e. The number of nitro groups is 1. The van der Waals surface area contributed by atoms with Gasteiger partial charge in [0.1, 0.15) is 28.2 Å². The van der Waals surface area contributed by atoms with E-state index in [1.165, 1.54) is 29.5 Å². The Hall–Kier alpha value is -3.84. The van der Waals surface area contributed by atoms with E-state index in [-0.39, 0.29) is 11.3 Å². The number of non-ortho nitro benzene ring substituents is 1. The number of aromatic nitrogens is 2. The fourth-order valence-corrected chi connectivity index (χ4v) is 3.24. The summed E-state index contributed by atoms with van der Waals surface area (Å²) in [6, 6.07) is 11.0. The van der Waals surface area contributed by atoms with Crippen LogP contribution in [-0.2, 0) is 11.2 Å². The standard InChI is InChI=1S/C19H15N5O4S/c1-2-3-17-22-23-19(29-17)21-18(25)13(11-20)10-15-8-9-16(28-15)12-4-6-14(7-5-12)24(26)27/h4-10H,2-3H2,1H3,(H,21,23,25)/b13-10-. The number of aryl methyl sites for hydroxylation is 1. The molecule has 0 radical (unpaired) electrons. The van der Waals surface area contributed by atoms with Crippen molar-refractivity contribution in [3.63, 3.8) is 0 Å². The molecular formula is C19H15N5O4S. The van der Waals surface area contributed by atoms with Crippen molar-refractivity contribution in [2.75, 3.05) is 5.32 Å². The Morgan fingerprint density at radius 1 is 1.31 bits per heavy atom. The lowest BCUT2D eigenvalue weighted by atomic mass is 10.1. The highest BCUT2D eigenvalue weighted by atomic mass is 32.1. The van der Waals surface area contributed by atoms with E-state index < -0.39 is 10.8 Å². The van der Waals surface area contributed by atoms with Crippen LogP contribution in [0.1, 0.15) is 24.1 Å². The fourth-order valence-electron chi connectivity index (χ4n) is 2.41. The summed E-state index contributed by atoms with van der Waals surface area (Å²) in [6.07, 6.45) is 3.01. The number of benzene rings is 1. The zero-order valence-corrected chi connectivity index (χ0v) is 16.1. The van der Waals surface area contributed by atoms with Gasteiger partial charge in [-0.25, -0.2) is 0 Å². The summed E-state index contributed by atoms with van der Waals surface area (Å²) >= 11 is 1.26. The average Bonchev–Trinajstić information content (AvgIpc) is 3.36. The second kappa shape index (κ2) is 8.90. The topological polar surface area (TPSA) is 135 Å². The number of rotatable bonds is 7. The van der Waals surface area contributed by atoms with Crippen molar-refractivity contribution in [1.29, 1.82) is 5.26 Å². The van der Waals surface area contributed by atoms with Crippen LogP contribution in [-0.4, -0.2) is 21.0 Å². The summed E-state index contributed by atoms with van der Waals surface area (Å²) in [7, 11) is 0. The Labute approximate surface area is 169 Å². The molecule has 0 spiro atoms. The molecule has 0 aliphatic heterocycles. The fraction of sp³-hybridized carbons (Fsp3) is 0.158. The molecular weight excluding hydrogens is 394 g/mol. The molecule has 0 atom stereocenters. The minimum absolute atomic E-state index is 0.0253. The van der Waals surface area contributed by atoms with E-state index in [9.17, 15) is 20.2 Å². The van der Waals surface area contributed by atoms with Crippen molar-refractivity contribution in [2.24, 2.45) is 0 Å². The highest BCUT2D eigenvalue weighted by molar-refractivity contribution is 7.15. The van der Waals surface area contributed by atoms with Crippen LogP contribution in [0.5, 0.6) is 0 Å². The minimum Gasteiger partial charge on any atom is -0.457 e. The maximum atomic E-state index is 12.3.